The Hall–Kier alpha value is -1.10. The molecule has 0 saturated carbocycles. The van der Waals surface area contributed by atoms with Crippen LogP contribution in [0.15, 0.2) is 24.3 Å². The molecule has 2 fully saturated rings. The lowest BCUT2D eigenvalue weighted by Crippen LogP contribution is -2.51. The highest BCUT2D eigenvalue weighted by atomic mass is 35.5. The van der Waals surface area contributed by atoms with Crippen LogP contribution in [0.25, 0.3) is 0 Å². The number of benzene rings is 1. The highest BCUT2D eigenvalue weighted by Gasteiger charge is 2.31. The van der Waals surface area contributed by atoms with Gasteiger partial charge in [-0.25, -0.2) is 0 Å². The fraction of sp³-hybridized carbons (Fsp3) is 0.588. The number of halogens is 1. The quantitative estimate of drug-likeness (QED) is 0.858. The van der Waals surface area contributed by atoms with E-state index in [4.69, 9.17) is 16.3 Å². The van der Waals surface area contributed by atoms with Crippen LogP contribution in [0.5, 0.6) is 0 Å². The summed E-state index contributed by atoms with van der Waals surface area (Å²) >= 11 is 6.30. The van der Waals surface area contributed by atoms with Crippen molar-refractivity contribution in [1.82, 2.24) is 9.80 Å². The average molecular weight is 323 g/mol. The van der Waals surface area contributed by atoms with Crippen LogP contribution in [0.1, 0.15) is 31.4 Å². The Morgan fingerprint density at radius 2 is 2.00 bits per heavy atom. The first kappa shape index (κ1) is 15.8. The van der Waals surface area contributed by atoms with E-state index in [9.17, 15) is 4.79 Å². The molecular formula is C17H23ClN2O2. The van der Waals surface area contributed by atoms with Gasteiger partial charge in [0.1, 0.15) is 6.10 Å². The van der Waals surface area contributed by atoms with E-state index in [0.717, 1.165) is 56.2 Å². The van der Waals surface area contributed by atoms with Crippen molar-refractivity contribution >= 4 is 17.5 Å². The van der Waals surface area contributed by atoms with E-state index in [1.807, 2.05) is 23.1 Å². The molecule has 22 heavy (non-hydrogen) atoms. The minimum absolute atomic E-state index is 0.169. The summed E-state index contributed by atoms with van der Waals surface area (Å²) in [6, 6.07) is 8.27. The molecule has 0 aliphatic carbocycles. The SMILES string of the molecule is CC(c1ccccc1Cl)N1CCN(C(=O)C2CCCO2)CC1. The summed E-state index contributed by atoms with van der Waals surface area (Å²) in [5.74, 6) is 0.169. The Morgan fingerprint density at radius 3 is 2.64 bits per heavy atom. The minimum Gasteiger partial charge on any atom is -0.368 e. The van der Waals surface area contributed by atoms with Crippen molar-refractivity contribution in [3.63, 3.8) is 0 Å². The van der Waals surface area contributed by atoms with Crippen LogP contribution in [0.2, 0.25) is 5.02 Å². The van der Waals surface area contributed by atoms with Crippen molar-refractivity contribution in [3.8, 4) is 0 Å². The maximum Gasteiger partial charge on any atom is 0.251 e. The zero-order valence-electron chi connectivity index (χ0n) is 13.0. The largest absolute Gasteiger partial charge is 0.368 e. The number of carbonyl (C=O) groups excluding carboxylic acids is 1. The lowest BCUT2D eigenvalue weighted by Gasteiger charge is -2.39. The van der Waals surface area contributed by atoms with Crippen molar-refractivity contribution in [2.45, 2.75) is 31.9 Å². The topological polar surface area (TPSA) is 32.8 Å². The molecule has 3 rings (SSSR count). The number of ether oxygens (including phenoxy) is 1. The molecule has 0 radical (unpaired) electrons. The van der Waals surface area contributed by atoms with Crippen LogP contribution in [-0.4, -0.2) is 54.6 Å². The molecule has 2 atom stereocenters. The lowest BCUT2D eigenvalue weighted by atomic mass is 10.1. The van der Waals surface area contributed by atoms with Crippen molar-refractivity contribution < 1.29 is 9.53 Å². The highest BCUT2D eigenvalue weighted by molar-refractivity contribution is 6.31. The predicted molar refractivity (Wildman–Crippen MR) is 87.0 cm³/mol. The molecule has 2 aliphatic rings. The fourth-order valence-electron chi connectivity index (χ4n) is 3.32. The van der Waals surface area contributed by atoms with Gasteiger partial charge in [0.05, 0.1) is 0 Å². The Labute approximate surface area is 137 Å². The maximum atomic E-state index is 12.4. The van der Waals surface area contributed by atoms with Crippen LogP contribution in [0.4, 0.5) is 0 Å². The van der Waals surface area contributed by atoms with Gasteiger partial charge in [-0.05, 0) is 31.4 Å². The van der Waals surface area contributed by atoms with E-state index in [1.165, 1.54) is 0 Å². The Morgan fingerprint density at radius 1 is 1.27 bits per heavy atom. The van der Waals surface area contributed by atoms with Gasteiger partial charge in [0, 0.05) is 43.9 Å². The second-order valence-electron chi connectivity index (χ2n) is 6.06. The summed E-state index contributed by atoms with van der Waals surface area (Å²) in [7, 11) is 0. The van der Waals surface area contributed by atoms with Crippen LogP contribution < -0.4 is 0 Å². The Balaban J connectivity index is 1.57. The molecule has 120 valence electrons. The number of carbonyl (C=O) groups is 1. The van der Waals surface area contributed by atoms with E-state index in [2.05, 4.69) is 17.9 Å². The molecule has 0 aromatic heterocycles. The normalized spacial score (nSPS) is 24.5. The van der Waals surface area contributed by atoms with E-state index in [-0.39, 0.29) is 18.1 Å². The zero-order chi connectivity index (χ0) is 15.5. The van der Waals surface area contributed by atoms with Gasteiger partial charge in [0.25, 0.3) is 5.91 Å². The summed E-state index contributed by atoms with van der Waals surface area (Å²) in [5, 5.41) is 0.813. The van der Waals surface area contributed by atoms with E-state index >= 15 is 0 Å². The van der Waals surface area contributed by atoms with Crippen LogP contribution in [0.3, 0.4) is 0 Å². The molecule has 4 nitrogen and oxygen atoms in total. The number of rotatable bonds is 3. The molecule has 0 bridgehead atoms. The number of piperazine rings is 1. The smallest absolute Gasteiger partial charge is 0.251 e. The summed E-state index contributed by atoms with van der Waals surface area (Å²) in [5.41, 5.74) is 1.16. The number of nitrogens with zero attached hydrogens (tertiary/aromatic N) is 2. The van der Waals surface area contributed by atoms with Gasteiger partial charge in [0.15, 0.2) is 0 Å². The molecule has 1 aromatic rings. The van der Waals surface area contributed by atoms with Crippen LogP contribution in [-0.2, 0) is 9.53 Å². The molecule has 0 spiro atoms. The second-order valence-corrected chi connectivity index (χ2v) is 6.47. The van der Waals surface area contributed by atoms with Crippen molar-refractivity contribution in [2.24, 2.45) is 0 Å². The fourth-order valence-corrected chi connectivity index (χ4v) is 3.61. The van der Waals surface area contributed by atoms with Gasteiger partial charge in [0.2, 0.25) is 0 Å². The molecule has 2 unspecified atom stereocenters. The molecule has 1 amide bonds. The van der Waals surface area contributed by atoms with Crippen molar-refractivity contribution in [1.29, 1.82) is 0 Å². The molecule has 5 heteroatoms. The van der Waals surface area contributed by atoms with Gasteiger partial charge in [-0.1, -0.05) is 29.8 Å². The standard InChI is InChI=1S/C17H23ClN2O2/c1-13(14-5-2-3-6-15(14)18)19-8-10-20(11-9-19)17(21)16-7-4-12-22-16/h2-3,5-6,13,16H,4,7-12H2,1H3. The van der Waals surface area contributed by atoms with Gasteiger partial charge in [-0.15, -0.1) is 0 Å². The first-order valence-electron chi connectivity index (χ1n) is 8.05. The van der Waals surface area contributed by atoms with Crippen molar-refractivity contribution in [3.05, 3.63) is 34.9 Å². The average Bonchev–Trinajstić information content (AvgIpc) is 3.09. The van der Waals surface area contributed by atoms with Crippen LogP contribution in [0, 0.1) is 0 Å². The maximum absolute atomic E-state index is 12.4. The monoisotopic (exact) mass is 322 g/mol. The van der Waals surface area contributed by atoms with Gasteiger partial charge in [-0.3, -0.25) is 9.69 Å². The van der Waals surface area contributed by atoms with Gasteiger partial charge >= 0.3 is 0 Å². The Bertz CT molecular complexity index is 523. The zero-order valence-corrected chi connectivity index (χ0v) is 13.8. The number of hydrogen-bond donors (Lipinski definition) is 0. The molecule has 2 heterocycles. The predicted octanol–water partition coefficient (Wildman–Crippen LogP) is 2.72. The molecule has 0 N–H and O–H groups in total. The van der Waals surface area contributed by atoms with E-state index < -0.39 is 0 Å². The third kappa shape index (κ3) is 3.29. The number of hydrogen-bond acceptors (Lipinski definition) is 3. The molecule has 2 aliphatic heterocycles. The first-order valence-corrected chi connectivity index (χ1v) is 8.43. The van der Waals surface area contributed by atoms with Crippen LogP contribution >= 0.6 is 11.6 Å². The van der Waals surface area contributed by atoms with E-state index in [1.54, 1.807) is 0 Å². The third-order valence-corrected chi connectivity index (χ3v) is 5.08. The highest BCUT2D eigenvalue weighted by Crippen LogP contribution is 2.28. The second kappa shape index (κ2) is 6.99. The minimum atomic E-state index is -0.201. The lowest BCUT2D eigenvalue weighted by molar-refractivity contribution is -0.143. The first-order chi connectivity index (χ1) is 10.7. The third-order valence-electron chi connectivity index (χ3n) is 4.73. The van der Waals surface area contributed by atoms with Crippen molar-refractivity contribution in [2.75, 3.05) is 32.8 Å². The molecule has 2 saturated heterocycles. The molecular weight excluding hydrogens is 300 g/mol. The van der Waals surface area contributed by atoms with Gasteiger partial charge in [-0.2, -0.15) is 0 Å². The molecule has 1 aromatic carbocycles. The summed E-state index contributed by atoms with van der Waals surface area (Å²) < 4.78 is 5.51. The van der Waals surface area contributed by atoms with E-state index in [0.29, 0.717) is 0 Å². The Kier molecular flexibility index (Phi) is 5.01. The van der Waals surface area contributed by atoms with Gasteiger partial charge < -0.3 is 9.64 Å². The number of amides is 1. The summed E-state index contributed by atoms with van der Waals surface area (Å²) in [6.45, 7) is 6.20. The summed E-state index contributed by atoms with van der Waals surface area (Å²) in [6.07, 6.45) is 1.67. The summed E-state index contributed by atoms with van der Waals surface area (Å²) in [4.78, 5) is 16.7.